The summed E-state index contributed by atoms with van der Waals surface area (Å²) in [6, 6.07) is 4.91. The molecule has 0 aliphatic carbocycles. The average molecular weight is 316 g/mol. The molecule has 1 aromatic heterocycles. The Labute approximate surface area is 111 Å². The number of rotatable bonds is 4. The van der Waals surface area contributed by atoms with Gasteiger partial charge in [-0.2, -0.15) is 0 Å². The van der Waals surface area contributed by atoms with Crippen molar-refractivity contribution in [1.29, 1.82) is 0 Å². The van der Waals surface area contributed by atoms with E-state index in [0.29, 0.717) is 12.0 Å². The van der Waals surface area contributed by atoms with Gasteiger partial charge >= 0.3 is 0 Å². The standard InChI is InChI=1S/C11H11BrFN3S/c12-8-2-1-7(9(13)4-8)3-10(16-14)11-5-15-6-17-11/h1-2,4-6,10,16H,3,14H2. The predicted octanol–water partition coefficient (Wildman–Crippen LogP) is 2.79. The molecule has 0 aliphatic heterocycles. The van der Waals surface area contributed by atoms with Gasteiger partial charge in [0, 0.05) is 15.5 Å². The lowest BCUT2D eigenvalue weighted by Crippen LogP contribution is -2.29. The maximum atomic E-state index is 13.7. The lowest BCUT2D eigenvalue weighted by molar-refractivity contribution is 0.534. The summed E-state index contributed by atoms with van der Waals surface area (Å²) in [6.45, 7) is 0. The molecule has 2 aromatic rings. The fourth-order valence-corrected chi connectivity index (χ4v) is 2.56. The van der Waals surface area contributed by atoms with Gasteiger partial charge in [-0.05, 0) is 24.1 Å². The molecule has 90 valence electrons. The second-order valence-electron chi connectivity index (χ2n) is 3.56. The highest BCUT2D eigenvalue weighted by atomic mass is 79.9. The topological polar surface area (TPSA) is 50.9 Å². The fraction of sp³-hybridized carbons (Fsp3) is 0.182. The molecule has 0 bridgehead atoms. The summed E-state index contributed by atoms with van der Waals surface area (Å²) in [5.41, 5.74) is 5.05. The van der Waals surface area contributed by atoms with Gasteiger partial charge < -0.3 is 0 Å². The minimum absolute atomic E-state index is 0.113. The largest absolute Gasteiger partial charge is 0.271 e. The van der Waals surface area contributed by atoms with Crippen LogP contribution in [-0.4, -0.2) is 4.98 Å². The number of halogens is 2. The fourth-order valence-electron chi connectivity index (χ4n) is 1.55. The van der Waals surface area contributed by atoms with E-state index in [-0.39, 0.29) is 11.9 Å². The molecule has 6 heteroatoms. The lowest BCUT2D eigenvalue weighted by atomic mass is 10.1. The van der Waals surface area contributed by atoms with Crippen LogP contribution in [-0.2, 0) is 6.42 Å². The summed E-state index contributed by atoms with van der Waals surface area (Å²) in [4.78, 5) is 4.99. The quantitative estimate of drug-likeness (QED) is 0.674. The third kappa shape index (κ3) is 3.10. The van der Waals surface area contributed by atoms with Crippen molar-refractivity contribution in [1.82, 2.24) is 10.4 Å². The number of nitrogens with two attached hydrogens (primary N) is 1. The Morgan fingerprint density at radius 2 is 2.35 bits per heavy atom. The Balaban J connectivity index is 2.19. The predicted molar refractivity (Wildman–Crippen MR) is 70.0 cm³/mol. The Morgan fingerprint density at radius 1 is 1.53 bits per heavy atom. The van der Waals surface area contributed by atoms with E-state index in [9.17, 15) is 4.39 Å². The molecule has 3 nitrogen and oxygen atoms in total. The van der Waals surface area contributed by atoms with Crippen LogP contribution in [0.5, 0.6) is 0 Å². The number of hydrogen-bond donors (Lipinski definition) is 2. The number of thiazole rings is 1. The first-order chi connectivity index (χ1) is 8.20. The van der Waals surface area contributed by atoms with Gasteiger partial charge in [0.05, 0.1) is 11.6 Å². The van der Waals surface area contributed by atoms with Crippen LogP contribution < -0.4 is 11.3 Å². The monoisotopic (exact) mass is 315 g/mol. The smallest absolute Gasteiger partial charge is 0.127 e. The van der Waals surface area contributed by atoms with Gasteiger partial charge in [0.2, 0.25) is 0 Å². The van der Waals surface area contributed by atoms with E-state index in [4.69, 9.17) is 5.84 Å². The van der Waals surface area contributed by atoms with Gasteiger partial charge in [0.25, 0.3) is 0 Å². The Morgan fingerprint density at radius 3 is 2.94 bits per heavy atom. The zero-order valence-corrected chi connectivity index (χ0v) is 11.3. The highest BCUT2D eigenvalue weighted by Crippen LogP contribution is 2.23. The van der Waals surface area contributed by atoms with E-state index >= 15 is 0 Å². The molecule has 3 N–H and O–H groups in total. The minimum atomic E-state index is -0.232. The number of aromatic nitrogens is 1. The molecule has 0 saturated heterocycles. The minimum Gasteiger partial charge on any atom is -0.271 e. The molecular weight excluding hydrogens is 305 g/mol. The van der Waals surface area contributed by atoms with Crippen molar-refractivity contribution in [2.75, 3.05) is 0 Å². The zero-order valence-electron chi connectivity index (χ0n) is 8.86. The summed E-state index contributed by atoms with van der Waals surface area (Å²) in [5.74, 6) is 5.26. The molecule has 1 atom stereocenters. The molecule has 0 saturated carbocycles. The maximum absolute atomic E-state index is 13.7. The second kappa shape index (κ2) is 5.68. The highest BCUT2D eigenvalue weighted by molar-refractivity contribution is 9.10. The van der Waals surface area contributed by atoms with E-state index < -0.39 is 0 Å². The van der Waals surface area contributed by atoms with Crippen LogP contribution in [0.2, 0.25) is 0 Å². The number of nitrogens with zero attached hydrogens (tertiary/aromatic N) is 1. The average Bonchev–Trinajstić information content (AvgIpc) is 2.81. The van der Waals surface area contributed by atoms with Crippen LogP contribution in [0, 0.1) is 5.82 Å². The molecule has 0 radical (unpaired) electrons. The van der Waals surface area contributed by atoms with Crippen LogP contribution in [0.1, 0.15) is 16.5 Å². The van der Waals surface area contributed by atoms with Crippen LogP contribution in [0.25, 0.3) is 0 Å². The van der Waals surface area contributed by atoms with Crippen LogP contribution >= 0.6 is 27.3 Å². The highest BCUT2D eigenvalue weighted by Gasteiger charge is 2.14. The van der Waals surface area contributed by atoms with Gasteiger partial charge in [0.15, 0.2) is 0 Å². The van der Waals surface area contributed by atoms with Gasteiger partial charge in [-0.3, -0.25) is 16.3 Å². The number of benzene rings is 1. The van der Waals surface area contributed by atoms with Gasteiger partial charge in [-0.15, -0.1) is 11.3 Å². The molecular formula is C11H11BrFN3S. The molecule has 1 heterocycles. The normalized spacial score (nSPS) is 12.6. The van der Waals surface area contributed by atoms with Crippen molar-refractivity contribution in [3.63, 3.8) is 0 Å². The first-order valence-electron chi connectivity index (χ1n) is 4.99. The van der Waals surface area contributed by atoms with E-state index in [1.165, 1.54) is 17.4 Å². The lowest BCUT2D eigenvalue weighted by Gasteiger charge is -2.14. The second-order valence-corrected chi connectivity index (χ2v) is 5.40. The number of hydrogen-bond acceptors (Lipinski definition) is 4. The van der Waals surface area contributed by atoms with Crippen LogP contribution in [0.15, 0.2) is 34.4 Å². The van der Waals surface area contributed by atoms with E-state index in [1.54, 1.807) is 17.8 Å². The Kier molecular flexibility index (Phi) is 4.22. The van der Waals surface area contributed by atoms with Crippen LogP contribution in [0.3, 0.4) is 0 Å². The third-order valence-corrected chi connectivity index (χ3v) is 3.82. The maximum Gasteiger partial charge on any atom is 0.127 e. The number of nitrogens with one attached hydrogen (secondary N) is 1. The molecule has 0 spiro atoms. The van der Waals surface area contributed by atoms with Crippen molar-refractivity contribution >= 4 is 27.3 Å². The van der Waals surface area contributed by atoms with E-state index in [0.717, 1.165) is 9.35 Å². The van der Waals surface area contributed by atoms with Crippen molar-refractivity contribution in [2.24, 2.45) is 5.84 Å². The summed E-state index contributed by atoms with van der Waals surface area (Å²) < 4.78 is 14.4. The van der Waals surface area contributed by atoms with E-state index in [2.05, 4.69) is 26.3 Å². The Hall–Kier alpha value is -0.820. The summed E-state index contributed by atoms with van der Waals surface area (Å²) in [5, 5.41) is 0. The first kappa shape index (κ1) is 12.6. The molecule has 17 heavy (non-hydrogen) atoms. The SMILES string of the molecule is NNC(Cc1ccc(Br)cc1F)c1cncs1. The molecule has 1 aromatic carbocycles. The molecule has 0 aliphatic rings. The van der Waals surface area contributed by atoms with Gasteiger partial charge in [0.1, 0.15) is 5.82 Å². The first-order valence-corrected chi connectivity index (χ1v) is 6.66. The van der Waals surface area contributed by atoms with E-state index in [1.807, 2.05) is 6.07 Å². The summed E-state index contributed by atoms with van der Waals surface area (Å²) >= 11 is 4.73. The zero-order chi connectivity index (χ0) is 12.3. The van der Waals surface area contributed by atoms with Crippen molar-refractivity contribution in [3.8, 4) is 0 Å². The van der Waals surface area contributed by atoms with Crippen molar-refractivity contribution < 1.29 is 4.39 Å². The van der Waals surface area contributed by atoms with Gasteiger partial charge in [-0.1, -0.05) is 22.0 Å². The number of hydrazine groups is 1. The Bertz CT molecular complexity index is 489. The molecule has 0 amide bonds. The molecule has 1 unspecified atom stereocenters. The van der Waals surface area contributed by atoms with Crippen molar-refractivity contribution in [3.05, 3.63) is 50.6 Å². The summed E-state index contributed by atoms with van der Waals surface area (Å²) in [6.07, 6.45) is 2.24. The van der Waals surface area contributed by atoms with Crippen LogP contribution in [0.4, 0.5) is 4.39 Å². The van der Waals surface area contributed by atoms with Crippen molar-refractivity contribution in [2.45, 2.75) is 12.5 Å². The molecule has 2 rings (SSSR count). The summed E-state index contributed by atoms with van der Waals surface area (Å²) in [7, 11) is 0. The third-order valence-electron chi connectivity index (χ3n) is 2.44. The van der Waals surface area contributed by atoms with Gasteiger partial charge in [-0.25, -0.2) is 4.39 Å². The molecule has 0 fully saturated rings.